The zero-order valence-electron chi connectivity index (χ0n) is 20.9. The zero-order chi connectivity index (χ0) is 25.5. The SMILES string of the molecule is CCC(Oc1ccc(-c2ccccc2)cc1)C(=O)Nc1ccc(S(=O)(=O)N(C)C2CCCCC2)cc1. The fraction of sp³-hybridized carbons (Fsp3) is 0.345. The molecule has 1 aliphatic rings. The summed E-state index contributed by atoms with van der Waals surface area (Å²) in [6.45, 7) is 1.89. The van der Waals surface area contributed by atoms with Crippen LogP contribution in [0.1, 0.15) is 45.4 Å². The summed E-state index contributed by atoms with van der Waals surface area (Å²) in [7, 11) is -1.91. The Morgan fingerprint density at radius 3 is 2.14 bits per heavy atom. The van der Waals surface area contributed by atoms with Gasteiger partial charge in [0.15, 0.2) is 6.10 Å². The van der Waals surface area contributed by atoms with Gasteiger partial charge >= 0.3 is 0 Å². The Hall–Kier alpha value is -3.16. The standard InChI is InChI=1S/C29H34N2O4S/c1-3-28(35-26-18-14-23(15-19-26)22-10-6-4-7-11-22)29(32)30-24-16-20-27(21-17-24)36(33,34)31(2)25-12-8-5-9-13-25/h4,6-7,10-11,14-21,25,28H,3,5,8-9,12-13H2,1-2H3,(H,30,32). The molecule has 190 valence electrons. The van der Waals surface area contributed by atoms with Gasteiger partial charge < -0.3 is 10.1 Å². The molecule has 1 N–H and O–H groups in total. The smallest absolute Gasteiger partial charge is 0.265 e. The summed E-state index contributed by atoms with van der Waals surface area (Å²) in [5, 5.41) is 2.85. The maximum absolute atomic E-state index is 13.1. The fourth-order valence-corrected chi connectivity index (χ4v) is 6.00. The monoisotopic (exact) mass is 506 g/mol. The van der Waals surface area contributed by atoms with Crippen molar-refractivity contribution in [1.29, 1.82) is 0 Å². The molecule has 0 bridgehead atoms. The molecule has 0 aliphatic heterocycles. The lowest BCUT2D eigenvalue weighted by molar-refractivity contribution is -0.122. The van der Waals surface area contributed by atoms with Gasteiger partial charge in [-0.2, -0.15) is 4.31 Å². The van der Waals surface area contributed by atoms with E-state index in [4.69, 9.17) is 4.74 Å². The third-order valence-electron chi connectivity index (χ3n) is 6.79. The zero-order valence-corrected chi connectivity index (χ0v) is 21.7. The number of ether oxygens (including phenoxy) is 1. The van der Waals surface area contributed by atoms with E-state index in [1.165, 1.54) is 10.7 Å². The van der Waals surface area contributed by atoms with E-state index < -0.39 is 16.1 Å². The minimum atomic E-state index is -3.57. The van der Waals surface area contributed by atoms with Crippen LogP contribution in [0.4, 0.5) is 5.69 Å². The van der Waals surface area contributed by atoms with E-state index in [0.29, 0.717) is 17.9 Å². The van der Waals surface area contributed by atoms with Crippen LogP contribution in [0.2, 0.25) is 0 Å². The Morgan fingerprint density at radius 2 is 1.53 bits per heavy atom. The molecule has 7 heteroatoms. The van der Waals surface area contributed by atoms with Gasteiger partial charge in [0.25, 0.3) is 5.91 Å². The number of sulfonamides is 1. The summed E-state index contributed by atoms with van der Waals surface area (Å²) in [6.07, 6.45) is 4.91. The molecule has 0 spiro atoms. The highest BCUT2D eigenvalue weighted by Crippen LogP contribution is 2.27. The number of benzene rings is 3. The second-order valence-corrected chi connectivity index (χ2v) is 11.2. The van der Waals surface area contributed by atoms with Gasteiger partial charge in [-0.05, 0) is 66.8 Å². The molecule has 0 radical (unpaired) electrons. The molecule has 1 unspecified atom stereocenters. The molecule has 1 fully saturated rings. The third-order valence-corrected chi connectivity index (χ3v) is 8.72. The Labute approximate surface area is 214 Å². The van der Waals surface area contributed by atoms with Crippen molar-refractivity contribution in [3.8, 4) is 16.9 Å². The molecule has 0 saturated heterocycles. The molecule has 0 aromatic heterocycles. The highest BCUT2D eigenvalue weighted by molar-refractivity contribution is 7.89. The van der Waals surface area contributed by atoms with Crippen molar-refractivity contribution < 1.29 is 17.9 Å². The van der Waals surface area contributed by atoms with Crippen molar-refractivity contribution in [3.63, 3.8) is 0 Å². The van der Waals surface area contributed by atoms with E-state index in [2.05, 4.69) is 5.32 Å². The van der Waals surface area contributed by atoms with E-state index in [-0.39, 0.29) is 16.8 Å². The lowest BCUT2D eigenvalue weighted by atomic mass is 9.96. The number of hydrogen-bond acceptors (Lipinski definition) is 4. The second-order valence-electron chi connectivity index (χ2n) is 9.23. The number of amides is 1. The molecule has 6 nitrogen and oxygen atoms in total. The average Bonchev–Trinajstić information content (AvgIpc) is 2.93. The van der Waals surface area contributed by atoms with Crippen molar-refractivity contribution in [2.24, 2.45) is 0 Å². The van der Waals surface area contributed by atoms with Gasteiger partial charge in [0.2, 0.25) is 10.0 Å². The van der Waals surface area contributed by atoms with Gasteiger partial charge in [-0.1, -0.05) is 68.7 Å². The maximum atomic E-state index is 13.1. The maximum Gasteiger partial charge on any atom is 0.265 e. The highest BCUT2D eigenvalue weighted by atomic mass is 32.2. The van der Waals surface area contributed by atoms with Crippen molar-refractivity contribution >= 4 is 21.6 Å². The molecule has 36 heavy (non-hydrogen) atoms. The summed E-state index contributed by atoms with van der Waals surface area (Å²) < 4.78 is 33.6. The van der Waals surface area contributed by atoms with Gasteiger partial charge in [-0.15, -0.1) is 0 Å². The first-order chi connectivity index (χ1) is 17.4. The molecule has 1 aliphatic carbocycles. The Balaban J connectivity index is 1.37. The van der Waals surface area contributed by atoms with Gasteiger partial charge in [-0.25, -0.2) is 8.42 Å². The van der Waals surface area contributed by atoms with Crippen LogP contribution in [0.3, 0.4) is 0 Å². The number of nitrogens with one attached hydrogen (secondary N) is 1. The predicted octanol–water partition coefficient (Wildman–Crippen LogP) is 6.10. The van der Waals surface area contributed by atoms with Gasteiger partial charge in [-0.3, -0.25) is 4.79 Å². The van der Waals surface area contributed by atoms with E-state index in [9.17, 15) is 13.2 Å². The van der Waals surface area contributed by atoms with Gasteiger partial charge in [0.05, 0.1) is 4.90 Å². The van der Waals surface area contributed by atoms with Crippen LogP contribution >= 0.6 is 0 Å². The number of rotatable bonds is 9. The highest BCUT2D eigenvalue weighted by Gasteiger charge is 2.29. The minimum absolute atomic E-state index is 0.0485. The Kier molecular flexibility index (Phi) is 8.44. The molecule has 1 atom stereocenters. The summed E-state index contributed by atoms with van der Waals surface area (Å²) in [4.78, 5) is 13.1. The molecular weight excluding hydrogens is 472 g/mol. The molecule has 1 amide bonds. The lowest BCUT2D eigenvalue weighted by Gasteiger charge is -2.30. The van der Waals surface area contributed by atoms with Crippen LogP contribution in [0, 0.1) is 0 Å². The lowest BCUT2D eigenvalue weighted by Crippen LogP contribution is -2.38. The van der Waals surface area contributed by atoms with Crippen LogP contribution in [-0.4, -0.2) is 37.8 Å². The number of nitrogens with zero attached hydrogens (tertiary/aromatic N) is 1. The Morgan fingerprint density at radius 1 is 0.917 bits per heavy atom. The summed E-state index contributed by atoms with van der Waals surface area (Å²) in [5.41, 5.74) is 2.72. The normalized spacial score (nSPS) is 15.4. The van der Waals surface area contributed by atoms with Crippen LogP contribution in [0.25, 0.3) is 11.1 Å². The fourth-order valence-electron chi connectivity index (χ4n) is 4.58. The predicted molar refractivity (Wildman–Crippen MR) is 143 cm³/mol. The van der Waals surface area contributed by atoms with E-state index in [0.717, 1.165) is 36.8 Å². The quantitative estimate of drug-likeness (QED) is 0.380. The van der Waals surface area contributed by atoms with Gasteiger partial charge in [0, 0.05) is 18.8 Å². The minimum Gasteiger partial charge on any atom is -0.481 e. The molecular formula is C29H34N2O4S. The molecule has 4 rings (SSSR count). The summed E-state index contributed by atoms with van der Waals surface area (Å²) >= 11 is 0. The van der Waals surface area contributed by atoms with E-state index in [1.54, 1.807) is 31.3 Å². The van der Waals surface area contributed by atoms with Crippen molar-refractivity contribution in [2.45, 2.75) is 62.5 Å². The van der Waals surface area contributed by atoms with Crippen LogP contribution in [0.15, 0.2) is 83.8 Å². The van der Waals surface area contributed by atoms with Crippen LogP contribution in [0.5, 0.6) is 5.75 Å². The van der Waals surface area contributed by atoms with E-state index >= 15 is 0 Å². The average molecular weight is 507 g/mol. The van der Waals surface area contributed by atoms with Crippen LogP contribution < -0.4 is 10.1 Å². The van der Waals surface area contributed by atoms with Gasteiger partial charge in [0.1, 0.15) is 5.75 Å². The van der Waals surface area contributed by atoms with Crippen molar-refractivity contribution in [1.82, 2.24) is 4.31 Å². The first kappa shape index (κ1) is 25.9. The van der Waals surface area contributed by atoms with Crippen molar-refractivity contribution in [3.05, 3.63) is 78.9 Å². The second kappa shape index (κ2) is 11.7. The summed E-state index contributed by atoms with van der Waals surface area (Å²) in [5.74, 6) is 0.337. The topological polar surface area (TPSA) is 75.7 Å². The number of hydrogen-bond donors (Lipinski definition) is 1. The molecule has 3 aromatic carbocycles. The molecule has 1 saturated carbocycles. The summed E-state index contributed by atoms with van der Waals surface area (Å²) in [6, 6.07) is 24.1. The molecule has 3 aromatic rings. The van der Waals surface area contributed by atoms with Crippen LogP contribution in [-0.2, 0) is 14.8 Å². The largest absolute Gasteiger partial charge is 0.481 e. The third kappa shape index (κ3) is 6.15. The number of carbonyl (C=O) groups excluding carboxylic acids is 1. The Bertz CT molecular complexity index is 1240. The number of anilines is 1. The van der Waals surface area contributed by atoms with Crippen molar-refractivity contribution in [2.75, 3.05) is 12.4 Å². The molecule has 0 heterocycles. The number of carbonyl (C=O) groups is 1. The first-order valence-corrected chi connectivity index (χ1v) is 14.0. The first-order valence-electron chi connectivity index (χ1n) is 12.6. The van der Waals surface area contributed by atoms with E-state index in [1.807, 2.05) is 61.5 Å².